The summed E-state index contributed by atoms with van der Waals surface area (Å²) >= 11 is 0. The Morgan fingerprint density at radius 3 is 1.91 bits per heavy atom. The minimum atomic E-state index is -3.63. The Bertz CT molecular complexity index is 1170. The average Bonchev–Trinajstić information content (AvgIpc) is 3.28. The second kappa shape index (κ2) is 21.1. The van der Waals surface area contributed by atoms with Crippen molar-refractivity contribution in [3.8, 4) is 0 Å². The number of esters is 2. The van der Waals surface area contributed by atoms with E-state index in [4.69, 9.17) is 36.6 Å². The van der Waals surface area contributed by atoms with E-state index in [0.717, 1.165) is 5.56 Å². The van der Waals surface area contributed by atoms with Crippen LogP contribution in [0.15, 0.2) is 42.5 Å². The van der Waals surface area contributed by atoms with Gasteiger partial charge in [0.1, 0.15) is 0 Å². The quantitative estimate of drug-likeness (QED) is 0.0731. The Balaban J connectivity index is 1.61. The highest BCUT2D eigenvalue weighted by Crippen LogP contribution is 2.49. The van der Waals surface area contributed by atoms with E-state index in [0.29, 0.717) is 52.0 Å². The Hall–Kier alpha value is -2.05. The highest BCUT2D eigenvalue weighted by Gasteiger charge is 2.59. The van der Waals surface area contributed by atoms with Gasteiger partial charge in [-0.05, 0) is 65.0 Å². The number of nitrogens with zero attached hydrogens (tertiary/aromatic N) is 1. The zero-order valence-corrected chi connectivity index (χ0v) is 29.6. The lowest BCUT2D eigenvalue weighted by Gasteiger charge is -2.31. The SMILES string of the molecule is CCOP(OCC)OCCCCOC(=O)C1C(C(=O)OCCCCOP(=O)(OCC)OCC)C2C(=O)C=CC1N2Cc1ccccc1. The van der Waals surface area contributed by atoms with Gasteiger partial charge in [0.05, 0.1) is 70.7 Å². The number of ether oxygens (including phenoxy) is 2. The smallest absolute Gasteiger partial charge is 0.465 e. The van der Waals surface area contributed by atoms with Gasteiger partial charge in [-0.2, -0.15) is 0 Å². The molecule has 1 aromatic rings. The van der Waals surface area contributed by atoms with Crippen LogP contribution in [0.25, 0.3) is 0 Å². The van der Waals surface area contributed by atoms with Crippen molar-refractivity contribution >= 4 is 34.1 Å². The van der Waals surface area contributed by atoms with Crippen LogP contribution in [0.5, 0.6) is 0 Å². The Kier molecular flexibility index (Phi) is 17.7. The summed E-state index contributed by atoms with van der Waals surface area (Å²) in [5, 5.41) is 0. The molecule has 13 nitrogen and oxygen atoms in total. The average molecular weight is 702 g/mol. The molecule has 0 N–H and O–H groups in total. The number of unbranched alkanes of at least 4 members (excludes halogenated alkanes) is 2. The molecule has 2 aliphatic heterocycles. The third kappa shape index (κ3) is 12.1. The first-order valence-electron chi connectivity index (χ1n) is 16.4. The molecule has 4 atom stereocenters. The van der Waals surface area contributed by atoms with E-state index in [2.05, 4.69) is 0 Å². The number of hydrogen-bond acceptors (Lipinski definition) is 13. The molecule has 4 unspecified atom stereocenters. The molecule has 1 saturated heterocycles. The number of phosphoric ester groups is 1. The lowest BCUT2D eigenvalue weighted by atomic mass is 9.87. The van der Waals surface area contributed by atoms with E-state index in [1.54, 1.807) is 19.9 Å². The third-order valence-corrected chi connectivity index (χ3v) is 10.4. The molecular weight excluding hydrogens is 652 g/mol. The maximum atomic E-state index is 13.6. The van der Waals surface area contributed by atoms with Gasteiger partial charge in [0, 0.05) is 12.6 Å². The van der Waals surface area contributed by atoms with Crippen LogP contribution < -0.4 is 0 Å². The topological polar surface area (TPSA) is 145 Å². The molecule has 0 radical (unpaired) electrons. The maximum absolute atomic E-state index is 13.6. The molecule has 0 saturated carbocycles. The fourth-order valence-corrected chi connectivity index (χ4v) is 7.57. The van der Waals surface area contributed by atoms with Crippen molar-refractivity contribution < 1.29 is 55.6 Å². The van der Waals surface area contributed by atoms with Gasteiger partial charge in [-0.1, -0.05) is 36.4 Å². The van der Waals surface area contributed by atoms with Crippen molar-refractivity contribution in [2.75, 3.05) is 52.9 Å². The minimum Gasteiger partial charge on any atom is -0.465 e. The Morgan fingerprint density at radius 1 is 0.745 bits per heavy atom. The number of ketones is 1. The molecule has 0 spiro atoms. The fourth-order valence-electron chi connectivity index (χ4n) is 5.44. The van der Waals surface area contributed by atoms with Crippen molar-refractivity contribution in [3.63, 3.8) is 0 Å². The summed E-state index contributed by atoms with van der Waals surface area (Å²) in [5.41, 5.74) is 0.946. The van der Waals surface area contributed by atoms with Crippen molar-refractivity contribution in [1.82, 2.24) is 4.90 Å². The van der Waals surface area contributed by atoms with Gasteiger partial charge in [0.2, 0.25) is 0 Å². The summed E-state index contributed by atoms with van der Waals surface area (Å²) in [6.07, 6.45) is 5.10. The predicted molar refractivity (Wildman–Crippen MR) is 174 cm³/mol. The van der Waals surface area contributed by atoms with Crippen LogP contribution in [0.4, 0.5) is 0 Å². The molecule has 0 aromatic heterocycles. The fraction of sp³-hybridized carbons (Fsp3) is 0.656. The van der Waals surface area contributed by atoms with Gasteiger partial charge in [0.25, 0.3) is 0 Å². The summed E-state index contributed by atoms with van der Waals surface area (Å²) in [6.45, 7) is 9.41. The monoisotopic (exact) mass is 701 g/mol. The molecule has 1 aromatic carbocycles. The molecule has 3 rings (SSSR count). The van der Waals surface area contributed by atoms with Crippen molar-refractivity contribution in [3.05, 3.63) is 48.0 Å². The van der Waals surface area contributed by atoms with Gasteiger partial charge in [-0.15, -0.1) is 0 Å². The summed E-state index contributed by atoms with van der Waals surface area (Å²) in [5.74, 6) is -3.43. The van der Waals surface area contributed by atoms with Crippen LogP contribution >= 0.6 is 16.4 Å². The van der Waals surface area contributed by atoms with E-state index >= 15 is 0 Å². The highest BCUT2D eigenvalue weighted by molar-refractivity contribution is 7.48. The zero-order chi connectivity index (χ0) is 34.1. The molecule has 47 heavy (non-hydrogen) atoms. The molecule has 264 valence electrons. The molecule has 0 amide bonds. The van der Waals surface area contributed by atoms with Crippen LogP contribution in [0, 0.1) is 11.8 Å². The summed E-state index contributed by atoms with van der Waals surface area (Å²) < 4.78 is 55.9. The Labute approximate surface area is 279 Å². The maximum Gasteiger partial charge on any atom is 0.474 e. The van der Waals surface area contributed by atoms with E-state index in [9.17, 15) is 18.9 Å². The van der Waals surface area contributed by atoms with Gasteiger partial charge >= 0.3 is 28.4 Å². The minimum absolute atomic E-state index is 0.0256. The van der Waals surface area contributed by atoms with Gasteiger partial charge in [-0.25, -0.2) is 4.57 Å². The van der Waals surface area contributed by atoms with E-state index in [1.807, 2.05) is 49.1 Å². The normalized spacial score (nSPS) is 21.0. The van der Waals surface area contributed by atoms with Gasteiger partial charge < -0.3 is 23.0 Å². The van der Waals surface area contributed by atoms with Crippen LogP contribution in [0.1, 0.15) is 58.9 Å². The summed E-state index contributed by atoms with van der Waals surface area (Å²) in [7, 11) is -5.04. The number of phosphoric acid groups is 1. The second-order valence-corrected chi connectivity index (χ2v) is 13.6. The first kappa shape index (κ1) is 39.4. The summed E-state index contributed by atoms with van der Waals surface area (Å²) in [6, 6.07) is 8.18. The second-order valence-electron chi connectivity index (χ2n) is 10.7. The number of fused-ring (bicyclic) bond motifs is 2. The van der Waals surface area contributed by atoms with Gasteiger partial charge in [0.15, 0.2) is 5.78 Å². The zero-order valence-electron chi connectivity index (χ0n) is 27.8. The summed E-state index contributed by atoms with van der Waals surface area (Å²) in [4.78, 5) is 42.3. The van der Waals surface area contributed by atoms with Crippen LogP contribution in [-0.4, -0.2) is 87.6 Å². The standard InChI is InChI=1S/C32H49NO12P2/c1-5-40-46(41-6-2)42-22-14-12-20-38-31(35)28-26-18-19-27(34)30(33(26)24-25-16-10-9-11-17-25)29(28)32(36)39-21-13-15-23-45-47(37,43-7-3)44-8-4/h9-11,16-19,26,28-30H,5-8,12-15,20-24H2,1-4H3. The Morgan fingerprint density at radius 2 is 1.32 bits per heavy atom. The molecular formula is C32H49NO12P2. The molecule has 2 bridgehead atoms. The van der Waals surface area contributed by atoms with Crippen molar-refractivity contribution in [1.29, 1.82) is 0 Å². The number of carbonyl (C=O) groups is 3. The predicted octanol–water partition coefficient (Wildman–Crippen LogP) is 5.77. The van der Waals surface area contributed by atoms with Crippen molar-refractivity contribution in [2.45, 2.75) is 72.0 Å². The first-order valence-corrected chi connectivity index (χ1v) is 18.9. The lowest BCUT2D eigenvalue weighted by molar-refractivity contribution is -0.160. The van der Waals surface area contributed by atoms with Crippen LogP contribution in [-0.2, 0) is 62.1 Å². The largest absolute Gasteiger partial charge is 0.474 e. The van der Waals surface area contributed by atoms with Gasteiger partial charge in [-0.3, -0.25) is 32.9 Å². The van der Waals surface area contributed by atoms with E-state index < -0.39 is 52.3 Å². The van der Waals surface area contributed by atoms with E-state index in [1.165, 1.54) is 6.08 Å². The molecule has 2 heterocycles. The van der Waals surface area contributed by atoms with Crippen molar-refractivity contribution in [2.24, 2.45) is 11.8 Å². The molecule has 1 fully saturated rings. The number of rotatable bonds is 24. The van der Waals surface area contributed by atoms with E-state index in [-0.39, 0.29) is 38.8 Å². The van der Waals surface area contributed by atoms with Crippen LogP contribution in [0.3, 0.4) is 0 Å². The number of hydrogen-bond donors (Lipinski definition) is 0. The highest BCUT2D eigenvalue weighted by atomic mass is 31.2. The number of benzene rings is 1. The first-order chi connectivity index (χ1) is 22.8. The molecule has 15 heteroatoms. The molecule has 2 aliphatic rings. The van der Waals surface area contributed by atoms with Crippen LogP contribution in [0.2, 0.25) is 0 Å². The number of carbonyl (C=O) groups excluding carboxylic acids is 3. The molecule has 0 aliphatic carbocycles. The lowest BCUT2D eigenvalue weighted by Crippen LogP contribution is -2.45. The third-order valence-electron chi connectivity index (χ3n) is 7.39.